The maximum absolute atomic E-state index is 12.1. The second-order valence-corrected chi connectivity index (χ2v) is 6.95. The topological polar surface area (TPSA) is 98.3 Å². The highest BCUT2D eigenvalue weighted by Gasteiger charge is 2.29. The molecule has 120 valence electrons. The Morgan fingerprint density at radius 2 is 2.09 bits per heavy atom. The van der Waals surface area contributed by atoms with Crippen LogP contribution in [0, 0.1) is 16.0 Å². The molecular weight excluding hydrogens is 282 g/mol. The molecule has 0 spiro atoms. The Hall–Kier alpha value is -1.95. The second kappa shape index (κ2) is 6.04. The molecule has 6 nitrogen and oxygen atoms in total. The van der Waals surface area contributed by atoms with Crippen molar-refractivity contribution in [1.29, 1.82) is 0 Å². The van der Waals surface area contributed by atoms with E-state index in [-0.39, 0.29) is 23.1 Å². The molecule has 1 atom stereocenters. The average Bonchev–Trinajstić information content (AvgIpc) is 3.27. The van der Waals surface area contributed by atoms with E-state index in [0.29, 0.717) is 23.6 Å². The van der Waals surface area contributed by atoms with Crippen molar-refractivity contribution in [3.8, 4) is 0 Å². The first-order valence-corrected chi connectivity index (χ1v) is 7.53. The Morgan fingerprint density at radius 1 is 1.45 bits per heavy atom. The van der Waals surface area contributed by atoms with Crippen LogP contribution in [0.25, 0.3) is 0 Å². The monoisotopic (exact) mass is 305 g/mol. The quantitative estimate of drug-likeness (QED) is 0.644. The number of nitrogens with two attached hydrogens (primary N) is 1. The average molecular weight is 305 g/mol. The third kappa shape index (κ3) is 3.82. The number of carbonyl (C=O) groups excluding carboxylic acids is 1. The van der Waals surface area contributed by atoms with Gasteiger partial charge in [0.05, 0.1) is 4.92 Å². The van der Waals surface area contributed by atoms with Crippen LogP contribution in [0.4, 0.5) is 5.69 Å². The van der Waals surface area contributed by atoms with E-state index in [1.165, 1.54) is 6.07 Å². The smallest absolute Gasteiger partial charge is 0.273 e. The van der Waals surface area contributed by atoms with Crippen LogP contribution < -0.4 is 11.1 Å². The SMILES string of the molecule is CC(C)(C)c1ccc(C(=O)NCC(N)C2CC2)cc1[N+](=O)[O-]. The minimum atomic E-state index is -0.437. The summed E-state index contributed by atoms with van der Waals surface area (Å²) in [6, 6.07) is 4.60. The van der Waals surface area contributed by atoms with Crippen LogP contribution in [0.1, 0.15) is 49.5 Å². The third-order valence-electron chi connectivity index (χ3n) is 3.99. The van der Waals surface area contributed by atoms with Crippen LogP contribution in [0.3, 0.4) is 0 Å². The Balaban J connectivity index is 2.15. The number of benzene rings is 1. The first-order valence-electron chi connectivity index (χ1n) is 7.53. The van der Waals surface area contributed by atoms with Gasteiger partial charge < -0.3 is 11.1 Å². The van der Waals surface area contributed by atoms with Crippen LogP contribution in [0.5, 0.6) is 0 Å². The summed E-state index contributed by atoms with van der Waals surface area (Å²) in [5.41, 5.74) is 6.47. The molecular formula is C16H23N3O3. The number of amides is 1. The van der Waals surface area contributed by atoms with Crippen molar-refractivity contribution in [3.63, 3.8) is 0 Å². The van der Waals surface area contributed by atoms with Crippen molar-refractivity contribution < 1.29 is 9.72 Å². The maximum Gasteiger partial charge on any atom is 0.273 e. The molecule has 1 aliphatic carbocycles. The van der Waals surface area contributed by atoms with Gasteiger partial charge in [-0.05, 0) is 30.2 Å². The van der Waals surface area contributed by atoms with Gasteiger partial charge in [-0.15, -0.1) is 0 Å². The van der Waals surface area contributed by atoms with Gasteiger partial charge in [0, 0.05) is 29.8 Å². The molecule has 0 heterocycles. The summed E-state index contributed by atoms with van der Waals surface area (Å²) in [6.07, 6.45) is 2.23. The summed E-state index contributed by atoms with van der Waals surface area (Å²) < 4.78 is 0. The van der Waals surface area contributed by atoms with Crippen LogP contribution in [-0.4, -0.2) is 23.4 Å². The molecule has 1 aromatic rings. The molecule has 0 aliphatic heterocycles. The molecule has 2 rings (SSSR count). The normalized spacial score (nSPS) is 16.2. The fourth-order valence-corrected chi connectivity index (χ4v) is 2.46. The number of hydrogen-bond donors (Lipinski definition) is 2. The Morgan fingerprint density at radius 3 is 2.59 bits per heavy atom. The lowest BCUT2D eigenvalue weighted by atomic mass is 9.85. The highest BCUT2D eigenvalue weighted by molar-refractivity contribution is 5.95. The van der Waals surface area contributed by atoms with Gasteiger partial charge in [0.1, 0.15) is 0 Å². The van der Waals surface area contributed by atoms with Crippen LogP contribution in [0.2, 0.25) is 0 Å². The van der Waals surface area contributed by atoms with E-state index < -0.39 is 4.92 Å². The number of nitrogens with one attached hydrogen (secondary N) is 1. The largest absolute Gasteiger partial charge is 0.350 e. The number of nitro benzene ring substituents is 1. The van der Waals surface area contributed by atoms with Gasteiger partial charge in [-0.3, -0.25) is 14.9 Å². The van der Waals surface area contributed by atoms with Gasteiger partial charge in [0.2, 0.25) is 0 Å². The number of nitrogens with zero attached hydrogens (tertiary/aromatic N) is 1. The summed E-state index contributed by atoms with van der Waals surface area (Å²) in [7, 11) is 0. The number of carbonyl (C=O) groups is 1. The van der Waals surface area contributed by atoms with Crippen molar-refractivity contribution in [2.24, 2.45) is 11.7 Å². The molecule has 1 amide bonds. The standard InChI is InChI=1S/C16H23N3O3/c1-16(2,3)12-7-6-11(8-14(12)19(21)22)15(20)18-9-13(17)10-4-5-10/h6-8,10,13H,4-5,9,17H2,1-3H3,(H,18,20). The maximum atomic E-state index is 12.1. The molecule has 22 heavy (non-hydrogen) atoms. The zero-order valence-corrected chi connectivity index (χ0v) is 13.3. The Kier molecular flexibility index (Phi) is 4.51. The van der Waals surface area contributed by atoms with Crippen molar-refractivity contribution in [2.45, 2.75) is 45.1 Å². The molecule has 6 heteroatoms. The van der Waals surface area contributed by atoms with Crippen molar-refractivity contribution in [2.75, 3.05) is 6.54 Å². The van der Waals surface area contributed by atoms with E-state index in [0.717, 1.165) is 12.8 Å². The summed E-state index contributed by atoms with van der Waals surface area (Å²) in [4.78, 5) is 23.0. The minimum Gasteiger partial charge on any atom is -0.350 e. The summed E-state index contributed by atoms with van der Waals surface area (Å²) in [5, 5.41) is 14.0. The lowest BCUT2D eigenvalue weighted by molar-refractivity contribution is -0.386. The first-order chi connectivity index (χ1) is 10.2. The van der Waals surface area contributed by atoms with Gasteiger partial charge in [-0.25, -0.2) is 0 Å². The van der Waals surface area contributed by atoms with Crippen molar-refractivity contribution >= 4 is 11.6 Å². The Bertz CT molecular complexity index is 589. The van der Waals surface area contributed by atoms with Crippen LogP contribution in [0.15, 0.2) is 18.2 Å². The van der Waals surface area contributed by atoms with Crippen molar-refractivity contribution in [3.05, 3.63) is 39.4 Å². The molecule has 1 fully saturated rings. The van der Waals surface area contributed by atoms with E-state index in [1.807, 2.05) is 20.8 Å². The number of nitro groups is 1. The summed E-state index contributed by atoms with van der Waals surface area (Å²) in [6.45, 7) is 6.12. The van der Waals surface area contributed by atoms with E-state index in [1.54, 1.807) is 12.1 Å². The highest BCUT2D eigenvalue weighted by atomic mass is 16.6. The van der Waals surface area contributed by atoms with Crippen LogP contribution >= 0.6 is 0 Å². The van der Waals surface area contributed by atoms with E-state index in [9.17, 15) is 14.9 Å². The number of rotatable bonds is 5. The Labute approximate surface area is 130 Å². The number of hydrogen-bond acceptors (Lipinski definition) is 4. The lowest BCUT2D eigenvalue weighted by Gasteiger charge is -2.19. The zero-order chi connectivity index (χ0) is 16.5. The molecule has 0 aromatic heterocycles. The molecule has 3 N–H and O–H groups in total. The fraction of sp³-hybridized carbons (Fsp3) is 0.562. The minimum absolute atomic E-state index is 0.0216. The molecule has 0 bridgehead atoms. The van der Waals surface area contributed by atoms with Crippen LogP contribution in [-0.2, 0) is 5.41 Å². The van der Waals surface area contributed by atoms with Gasteiger partial charge in [0.25, 0.3) is 11.6 Å². The van der Waals surface area contributed by atoms with Gasteiger partial charge in [-0.1, -0.05) is 26.8 Å². The highest BCUT2D eigenvalue weighted by Crippen LogP contribution is 2.32. The molecule has 1 aromatic carbocycles. The lowest BCUT2D eigenvalue weighted by Crippen LogP contribution is -2.38. The molecule has 1 saturated carbocycles. The fourth-order valence-electron chi connectivity index (χ4n) is 2.46. The zero-order valence-electron chi connectivity index (χ0n) is 13.3. The van der Waals surface area contributed by atoms with Gasteiger partial charge in [-0.2, -0.15) is 0 Å². The molecule has 1 unspecified atom stereocenters. The second-order valence-electron chi connectivity index (χ2n) is 6.95. The van der Waals surface area contributed by atoms with Gasteiger partial charge in [0.15, 0.2) is 0 Å². The van der Waals surface area contributed by atoms with E-state index in [4.69, 9.17) is 5.73 Å². The molecule has 1 aliphatic rings. The molecule has 0 radical (unpaired) electrons. The predicted octanol–water partition coefficient (Wildman–Crippen LogP) is 2.36. The van der Waals surface area contributed by atoms with E-state index in [2.05, 4.69) is 5.32 Å². The summed E-state index contributed by atoms with van der Waals surface area (Å²) in [5.74, 6) is 0.178. The van der Waals surface area contributed by atoms with Crippen molar-refractivity contribution in [1.82, 2.24) is 5.32 Å². The predicted molar refractivity (Wildman–Crippen MR) is 84.8 cm³/mol. The first kappa shape index (κ1) is 16.4. The molecule has 0 saturated heterocycles. The van der Waals surface area contributed by atoms with E-state index >= 15 is 0 Å². The summed E-state index contributed by atoms with van der Waals surface area (Å²) >= 11 is 0. The van der Waals surface area contributed by atoms with Gasteiger partial charge >= 0.3 is 0 Å². The third-order valence-corrected chi connectivity index (χ3v) is 3.99.